The summed E-state index contributed by atoms with van der Waals surface area (Å²) in [6.45, 7) is 0.501. The van der Waals surface area contributed by atoms with Crippen LogP contribution in [0, 0.1) is 11.5 Å². The lowest BCUT2D eigenvalue weighted by Crippen LogP contribution is -2.22. The number of anilines is 1. The summed E-state index contributed by atoms with van der Waals surface area (Å²) in [6, 6.07) is 9.75. The van der Waals surface area contributed by atoms with E-state index in [2.05, 4.69) is 5.10 Å². The third-order valence-corrected chi connectivity index (χ3v) is 1.80. The van der Waals surface area contributed by atoms with Gasteiger partial charge in [-0.15, -0.1) is 0 Å². The molecule has 4 nitrogen and oxygen atoms in total. The van der Waals surface area contributed by atoms with Crippen molar-refractivity contribution in [3.63, 3.8) is 0 Å². The van der Waals surface area contributed by atoms with Gasteiger partial charge < -0.3 is 0 Å². The first-order valence-corrected chi connectivity index (χ1v) is 3.93. The van der Waals surface area contributed by atoms with E-state index in [0.29, 0.717) is 6.67 Å². The number of hydrogen-bond donors (Lipinski definition) is 0. The fraction of sp³-hybridized carbons (Fsp3) is 0.111. The van der Waals surface area contributed by atoms with E-state index in [0.717, 1.165) is 5.69 Å². The maximum atomic E-state index is 8.59. The molecule has 0 amide bonds. The van der Waals surface area contributed by atoms with Crippen LogP contribution in [0.4, 0.5) is 5.69 Å². The van der Waals surface area contributed by atoms with E-state index in [9.17, 15) is 0 Å². The highest BCUT2D eigenvalue weighted by atomic mass is 15.6. The Bertz CT molecular complexity index is 352. The smallest absolute Gasteiger partial charge is 0.186 e. The summed E-state index contributed by atoms with van der Waals surface area (Å²) < 4.78 is 0. The van der Waals surface area contributed by atoms with Crippen molar-refractivity contribution in [2.75, 3.05) is 11.7 Å². The third kappa shape index (κ3) is 1.44. The van der Waals surface area contributed by atoms with Crippen LogP contribution in [0.3, 0.4) is 0 Å². The van der Waals surface area contributed by atoms with Gasteiger partial charge in [-0.3, -0.25) is 0 Å². The molecule has 0 saturated carbocycles. The zero-order chi connectivity index (χ0) is 9.10. The molecule has 1 aromatic carbocycles. The summed E-state index contributed by atoms with van der Waals surface area (Å²) in [5.74, 6) is 0. The molecule has 1 aliphatic heterocycles. The van der Waals surface area contributed by atoms with Gasteiger partial charge in [-0.05, 0) is 12.1 Å². The first kappa shape index (κ1) is 7.62. The lowest BCUT2D eigenvalue weighted by molar-refractivity contribution is 0.618. The van der Waals surface area contributed by atoms with E-state index in [4.69, 9.17) is 5.26 Å². The average Bonchev–Trinajstić information content (AvgIpc) is 2.67. The Morgan fingerprint density at radius 3 is 2.69 bits per heavy atom. The van der Waals surface area contributed by atoms with E-state index >= 15 is 0 Å². The highest BCUT2D eigenvalue weighted by molar-refractivity contribution is 5.64. The quantitative estimate of drug-likeness (QED) is 0.597. The first-order chi connectivity index (χ1) is 6.40. The Kier molecular flexibility index (Phi) is 1.85. The summed E-state index contributed by atoms with van der Waals surface area (Å²) >= 11 is 0. The number of nitriles is 1. The van der Waals surface area contributed by atoms with E-state index in [-0.39, 0.29) is 0 Å². The minimum Gasteiger partial charge on any atom is -0.247 e. The number of nitrogens with zero attached hydrogens (tertiary/aromatic N) is 4. The number of benzene rings is 1. The SMILES string of the molecule is N#CN1C=NN(c2ccccc2)C1. The Balaban J connectivity index is 2.15. The van der Waals surface area contributed by atoms with Crippen molar-refractivity contribution in [3.05, 3.63) is 30.3 Å². The standard InChI is InChI=1S/C9H8N4/c10-6-12-7-11-13(8-12)9-4-2-1-3-5-9/h1-5,7H,8H2. The molecule has 0 aliphatic carbocycles. The zero-order valence-corrected chi connectivity index (χ0v) is 6.96. The summed E-state index contributed by atoms with van der Waals surface area (Å²) in [5.41, 5.74) is 0.997. The van der Waals surface area contributed by atoms with Crippen molar-refractivity contribution in [1.29, 1.82) is 5.26 Å². The van der Waals surface area contributed by atoms with Crippen LogP contribution in [0.5, 0.6) is 0 Å². The largest absolute Gasteiger partial charge is 0.247 e. The minimum atomic E-state index is 0.501. The molecular formula is C9H8N4. The van der Waals surface area contributed by atoms with Crippen molar-refractivity contribution < 1.29 is 0 Å². The molecule has 0 radical (unpaired) electrons. The molecule has 1 aliphatic rings. The van der Waals surface area contributed by atoms with Crippen LogP contribution in [0.1, 0.15) is 0 Å². The lowest BCUT2D eigenvalue weighted by atomic mass is 10.3. The molecule has 0 unspecified atom stereocenters. The second kappa shape index (κ2) is 3.15. The Labute approximate surface area is 76.3 Å². The number of hydrogen-bond acceptors (Lipinski definition) is 4. The second-order valence-corrected chi connectivity index (χ2v) is 2.68. The highest BCUT2D eigenvalue weighted by Gasteiger charge is 2.13. The van der Waals surface area contributed by atoms with Crippen LogP contribution in [0.15, 0.2) is 35.4 Å². The van der Waals surface area contributed by atoms with Crippen LogP contribution in [0.25, 0.3) is 0 Å². The van der Waals surface area contributed by atoms with Gasteiger partial charge in [0.05, 0.1) is 5.69 Å². The summed E-state index contributed by atoms with van der Waals surface area (Å²) in [6.07, 6.45) is 3.53. The molecule has 64 valence electrons. The zero-order valence-electron chi connectivity index (χ0n) is 6.96. The van der Waals surface area contributed by atoms with Crippen molar-refractivity contribution in [2.24, 2.45) is 5.10 Å². The van der Waals surface area contributed by atoms with Crippen molar-refractivity contribution in [1.82, 2.24) is 4.90 Å². The average molecular weight is 172 g/mol. The molecule has 1 aromatic rings. The van der Waals surface area contributed by atoms with Gasteiger partial charge in [0, 0.05) is 0 Å². The van der Waals surface area contributed by atoms with Gasteiger partial charge in [0.15, 0.2) is 6.19 Å². The number of rotatable bonds is 1. The van der Waals surface area contributed by atoms with Crippen LogP contribution in [0.2, 0.25) is 0 Å². The van der Waals surface area contributed by atoms with Gasteiger partial charge in [0.1, 0.15) is 13.0 Å². The first-order valence-electron chi connectivity index (χ1n) is 3.93. The molecular weight excluding hydrogens is 164 g/mol. The van der Waals surface area contributed by atoms with Crippen molar-refractivity contribution in [2.45, 2.75) is 0 Å². The van der Waals surface area contributed by atoms with Crippen LogP contribution < -0.4 is 5.01 Å². The normalized spacial score (nSPS) is 14.7. The topological polar surface area (TPSA) is 42.6 Å². The lowest BCUT2D eigenvalue weighted by Gasteiger charge is -2.13. The Morgan fingerprint density at radius 2 is 2.08 bits per heavy atom. The van der Waals surface area contributed by atoms with E-state index < -0.39 is 0 Å². The van der Waals surface area contributed by atoms with Gasteiger partial charge in [-0.25, -0.2) is 9.91 Å². The summed E-state index contributed by atoms with van der Waals surface area (Å²) in [5, 5.41) is 14.4. The Hall–Kier alpha value is -2.02. The summed E-state index contributed by atoms with van der Waals surface area (Å²) in [4.78, 5) is 1.47. The molecule has 0 fully saturated rings. The van der Waals surface area contributed by atoms with Gasteiger partial charge in [-0.1, -0.05) is 18.2 Å². The Morgan fingerprint density at radius 1 is 1.31 bits per heavy atom. The molecule has 0 aromatic heterocycles. The van der Waals surface area contributed by atoms with Gasteiger partial charge >= 0.3 is 0 Å². The van der Waals surface area contributed by atoms with Gasteiger partial charge in [0.2, 0.25) is 0 Å². The van der Waals surface area contributed by atoms with Crippen molar-refractivity contribution >= 4 is 12.0 Å². The molecule has 2 rings (SSSR count). The molecule has 1 heterocycles. The van der Waals surface area contributed by atoms with Crippen LogP contribution in [-0.4, -0.2) is 17.9 Å². The molecule has 4 heteroatoms. The molecule has 0 atom stereocenters. The third-order valence-electron chi connectivity index (χ3n) is 1.80. The van der Waals surface area contributed by atoms with Crippen LogP contribution >= 0.6 is 0 Å². The fourth-order valence-electron chi connectivity index (χ4n) is 1.15. The highest BCUT2D eigenvalue weighted by Crippen LogP contribution is 2.15. The van der Waals surface area contributed by atoms with Gasteiger partial charge in [-0.2, -0.15) is 10.4 Å². The monoisotopic (exact) mass is 172 g/mol. The number of para-hydroxylation sites is 1. The maximum absolute atomic E-state index is 8.59. The minimum absolute atomic E-state index is 0.501. The predicted octanol–water partition coefficient (Wildman–Crippen LogP) is 1.19. The molecule has 13 heavy (non-hydrogen) atoms. The second-order valence-electron chi connectivity index (χ2n) is 2.68. The number of hydrazone groups is 1. The molecule has 0 saturated heterocycles. The van der Waals surface area contributed by atoms with E-state index in [1.54, 1.807) is 5.01 Å². The fourth-order valence-corrected chi connectivity index (χ4v) is 1.15. The predicted molar refractivity (Wildman–Crippen MR) is 49.7 cm³/mol. The molecule has 0 N–H and O–H groups in total. The van der Waals surface area contributed by atoms with E-state index in [1.807, 2.05) is 36.5 Å². The van der Waals surface area contributed by atoms with Gasteiger partial charge in [0.25, 0.3) is 0 Å². The van der Waals surface area contributed by atoms with Crippen LogP contribution in [-0.2, 0) is 0 Å². The molecule has 0 spiro atoms. The maximum Gasteiger partial charge on any atom is 0.186 e. The van der Waals surface area contributed by atoms with E-state index in [1.165, 1.54) is 11.2 Å². The summed E-state index contributed by atoms with van der Waals surface area (Å²) in [7, 11) is 0. The van der Waals surface area contributed by atoms with Crippen molar-refractivity contribution in [3.8, 4) is 6.19 Å². The molecule has 0 bridgehead atoms.